The summed E-state index contributed by atoms with van der Waals surface area (Å²) in [5.41, 5.74) is 2.30. The summed E-state index contributed by atoms with van der Waals surface area (Å²) >= 11 is 12.2. The van der Waals surface area contributed by atoms with Crippen LogP contribution in [0.5, 0.6) is 5.75 Å². The third-order valence-electron chi connectivity index (χ3n) is 4.91. The first-order chi connectivity index (χ1) is 14.6. The maximum absolute atomic E-state index is 12.5. The zero-order valence-corrected chi connectivity index (χ0v) is 20.4. The summed E-state index contributed by atoms with van der Waals surface area (Å²) in [7, 11) is -1.97. The Morgan fingerprint density at radius 3 is 2.48 bits per heavy atom. The second kappa shape index (κ2) is 11.1. The van der Waals surface area contributed by atoms with Crippen molar-refractivity contribution in [1.29, 1.82) is 0 Å². The smallest absolute Gasteiger partial charge is 0.232 e. The first kappa shape index (κ1) is 25.3. The van der Waals surface area contributed by atoms with Crippen molar-refractivity contribution in [2.24, 2.45) is 0 Å². The third kappa shape index (κ3) is 7.02. The summed E-state index contributed by atoms with van der Waals surface area (Å²) in [5, 5.41) is 3.68. The second-order valence-corrected chi connectivity index (χ2v) is 10.0. The van der Waals surface area contributed by atoms with E-state index in [0.29, 0.717) is 17.1 Å². The highest BCUT2D eigenvalue weighted by Gasteiger charge is 2.21. The van der Waals surface area contributed by atoms with Crippen molar-refractivity contribution in [3.05, 3.63) is 57.6 Å². The van der Waals surface area contributed by atoms with Crippen molar-refractivity contribution in [1.82, 2.24) is 5.32 Å². The highest BCUT2D eigenvalue weighted by Crippen LogP contribution is 2.31. The van der Waals surface area contributed by atoms with Gasteiger partial charge in [-0.05, 0) is 55.2 Å². The van der Waals surface area contributed by atoms with E-state index in [-0.39, 0.29) is 29.9 Å². The summed E-state index contributed by atoms with van der Waals surface area (Å²) in [5.74, 6) is 0.649. The number of carbonyl (C=O) groups excluding carboxylic acids is 1. The van der Waals surface area contributed by atoms with Gasteiger partial charge in [0.15, 0.2) is 0 Å². The standard InChI is InChI=1S/C22H28Cl2N2O4S/c1-5-19(16-8-11-21(30-3)15(2)13-16)25-22(27)7-6-12-26(31(4,28)29)20-14-17(23)9-10-18(20)24/h8-11,13-14,19H,5-7,12H2,1-4H3,(H,25,27). The van der Waals surface area contributed by atoms with Crippen LogP contribution in [0.1, 0.15) is 43.4 Å². The summed E-state index contributed by atoms with van der Waals surface area (Å²) < 4.78 is 31.0. The van der Waals surface area contributed by atoms with Crippen LogP contribution in [0.25, 0.3) is 0 Å². The third-order valence-corrected chi connectivity index (χ3v) is 6.64. The summed E-state index contributed by atoms with van der Waals surface area (Å²) in [6, 6.07) is 10.3. The molecule has 0 aliphatic heterocycles. The lowest BCUT2D eigenvalue weighted by Gasteiger charge is -2.24. The molecule has 1 unspecified atom stereocenters. The predicted octanol–water partition coefficient (Wildman–Crippen LogP) is 5.12. The first-order valence-electron chi connectivity index (χ1n) is 9.93. The van der Waals surface area contributed by atoms with E-state index in [1.54, 1.807) is 19.2 Å². The number of nitrogens with one attached hydrogen (secondary N) is 1. The van der Waals surface area contributed by atoms with Crippen molar-refractivity contribution in [2.45, 2.75) is 39.2 Å². The van der Waals surface area contributed by atoms with Crippen LogP contribution in [-0.4, -0.2) is 34.2 Å². The number of nitrogens with zero attached hydrogens (tertiary/aromatic N) is 1. The van der Waals surface area contributed by atoms with Crippen LogP contribution in [0.15, 0.2) is 36.4 Å². The minimum absolute atomic E-state index is 0.116. The number of aryl methyl sites for hydroxylation is 1. The number of methoxy groups -OCH3 is 1. The Balaban J connectivity index is 2.03. The van der Waals surface area contributed by atoms with Gasteiger partial charge in [-0.25, -0.2) is 8.42 Å². The number of carbonyl (C=O) groups is 1. The van der Waals surface area contributed by atoms with Crippen LogP contribution < -0.4 is 14.4 Å². The van der Waals surface area contributed by atoms with Gasteiger partial charge < -0.3 is 10.1 Å². The van der Waals surface area contributed by atoms with Gasteiger partial charge in [-0.15, -0.1) is 0 Å². The number of ether oxygens (including phenoxy) is 1. The molecule has 0 heterocycles. The van der Waals surface area contributed by atoms with E-state index in [2.05, 4.69) is 5.32 Å². The molecule has 0 bridgehead atoms. The number of hydrogen-bond donors (Lipinski definition) is 1. The van der Waals surface area contributed by atoms with E-state index in [1.165, 1.54) is 10.4 Å². The van der Waals surface area contributed by atoms with E-state index in [0.717, 1.165) is 29.6 Å². The Morgan fingerprint density at radius 2 is 1.90 bits per heavy atom. The number of anilines is 1. The highest BCUT2D eigenvalue weighted by molar-refractivity contribution is 7.92. The molecule has 2 aromatic rings. The van der Waals surface area contributed by atoms with Crippen LogP contribution in [0.3, 0.4) is 0 Å². The second-order valence-electron chi connectivity index (χ2n) is 7.29. The predicted molar refractivity (Wildman–Crippen MR) is 127 cm³/mol. The lowest BCUT2D eigenvalue weighted by Crippen LogP contribution is -2.33. The Bertz CT molecular complexity index is 1030. The number of amides is 1. The van der Waals surface area contributed by atoms with Crippen LogP contribution in [0.2, 0.25) is 10.0 Å². The molecule has 1 atom stereocenters. The molecule has 0 aromatic heterocycles. The van der Waals surface area contributed by atoms with E-state index in [1.807, 2.05) is 32.0 Å². The molecule has 1 amide bonds. The molecule has 0 spiro atoms. The lowest BCUT2D eigenvalue weighted by molar-refractivity contribution is -0.121. The Kier molecular flexibility index (Phi) is 9.03. The zero-order chi connectivity index (χ0) is 23.2. The van der Waals surface area contributed by atoms with Crippen molar-refractivity contribution >= 4 is 44.8 Å². The Hall–Kier alpha value is -1.96. The monoisotopic (exact) mass is 486 g/mol. The quantitative estimate of drug-likeness (QED) is 0.505. The number of hydrogen-bond acceptors (Lipinski definition) is 4. The van der Waals surface area contributed by atoms with Gasteiger partial charge in [0, 0.05) is 18.0 Å². The number of benzene rings is 2. The van der Waals surface area contributed by atoms with Gasteiger partial charge in [0.2, 0.25) is 15.9 Å². The SMILES string of the molecule is CCC(NC(=O)CCCN(c1cc(Cl)ccc1Cl)S(C)(=O)=O)c1ccc(OC)c(C)c1. The van der Waals surface area contributed by atoms with Crippen LogP contribution in [0, 0.1) is 6.92 Å². The van der Waals surface area contributed by atoms with Crippen molar-refractivity contribution in [3.63, 3.8) is 0 Å². The fourth-order valence-electron chi connectivity index (χ4n) is 3.33. The average molecular weight is 487 g/mol. The molecule has 2 rings (SSSR count). The molecule has 0 fully saturated rings. The van der Waals surface area contributed by atoms with Gasteiger partial charge in [0.25, 0.3) is 0 Å². The normalized spacial score (nSPS) is 12.3. The molecule has 170 valence electrons. The van der Waals surface area contributed by atoms with Gasteiger partial charge in [-0.1, -0.05) is 42.3 Å². The molecule has 0 aliphatic rings. The summed E-state index contributed by atoms with van der Waals surface area (Å²) in [6.45, 7) is 4.07. The topological polar surface area (TPSA) is 75.7 Å². The summed E-state index contributed by atoms with van der Waals surface area (Å²) in [4.78, 5) is 12.5. The molecular weight excluding hydrogens is 459 g/mol. The van der Waals surface area contributed by atoms with Crippen LogP contribution in [0.4, 0.5) is 5.69 Å². The number of halogens is 2. The van der Waals surface area contributed by atoms with Crippen molar-refractivity contribution in [2.75, 3.05) is 24.2 Å². The molecule has 0 saturated carbocycles. The molecule has 2 aromatic carbocycles. The van der Waals surface area contributed by atoms with E-state index in [9.17, 15) is 13.2 Å². The maximum atomic E-state index is 12.5. The molecule has 0 saturated heterocycles. The van der Waals surface area contributed by atoms with Crippen molar-refractivity contribution < 1.29 is 17.9 Å². The molecule has 1 N–H and O–H groups in total. The number of sulfonamides is 1. The summed E-state index contributed by atoms with van der Waals surface area (Å²) in [6.07, 6.45) is 2.34. The van der Waals surface area contributed by atoms with Crippen LogP contribution >= 0.6 is 23.2 Å². The highest BCUT2D eigenvalue weighted by atomic mass is 35.5. The van der Waals surface area contributed by atoms with E-state index >= 15 is 0 Å². The van der Waals surface area contributed by atoms with E-state index < -0.39 is 10.0 Å². The van der Waals surface area contributed by atoms with Gasteiger partial charge in [0.1, 0.15) is 5.75 Å². The number of rotatable bonds is 10. The molecular formula is C22H28Cl2N2O4S. The fraction of sp³-hybridized carbons (Fsp3) is 0.409. The largest absolute Gasteiger partial charge is 0.496 e. The lowest BCUT2D eigenvalue weighted by atomic mass is 10.0. The molecule has 9 heteroatoms. The zero-order valence-electron chi connectivity index (χ0n) is 18.1. The molecule has 6 nitrogen and oxygen atoms in total. The molecule has 0 radical (unpaired) electrons. The molecule has 0 aliphatic carbocycles. The minimum Gasteiger partial charge on any atom is -0.496 e. The van der Waals surface area contributed by atoms with Crippen molar-refractivity contribution in [3.8, 4) is 5.75 Å². The van der Waals surface area contributed by atoms with Gasteiger partial charge in [-0.2, -0.15) is 0 Å². The van der Waals surface area contributed by atoms with E-state index in [4.69, 9.17) is 27.9 Å². The van der Waals surface area contributed by atoms with Gasteiger partial charge >= 0.3 is 0 Å². The first-order valence-corrected chi connectivity index (χ1v) is 12.5. The van der Waals surface area contributed by atoms with Crippen LogP contribution in [-0.2, 0) is 14.8 Å². The minimum atomic E-state index is -3.59. The van der Waals surface area contributed by atoms with Gasteiger partial charge in [0.05, 0.1) is 30.1 Å². The molecule has 31 heavy (non-hydrogen) atoms. The maximum Gasteiger partial charge on any atom is 0.232 e. The average Bonchev–Trinajstić information content (AvgIpc) is 2.70. The Morgan fingerprint density at radius 1 is 1.19 bits per heavy atom. The van der Waals surface area contributed by atoms with Gasteiger partial charge in [-0.3, -0.25) is 9.10 Å². The fourth-order valence-corrected chi connectivity index (χ4v) is 4.74. The Labute approximate surface area is 194 Å².